The molecule has 0 saturated carbocycles. The Morgan fingerprint density at radius 3 is 2.43 bits per heavy atom. The summed E-state index contributed by atoms with van der Waals surface area (Å²) in [4.78, 5) is 5.34. The zero-order chi connectivity index (χ0) is 14.5. The van der Waals surface area contributed by atoms with Gasteiger partial charge in [-0.1, -0.05) is 30.3 Å². The molecule has 0 radical (unpaired) electrons. The van der Waals surface area contributed by atoms with Crippen molar-refractivity contribution in [2.75, 3.05) is 39.3 Å². The van der Waals surface area contributed by atoms with Gasteiger partial charge in [-0.05, 0) is 63.3 Å². The van der Waals surface area contributed by atoms with Crippen LogP contribution in [-0.4, -0.2) is 55.1 Å². The van der Waals surface area contributed by atoms with E-state index < -0.39 is 0 Å². The van der Waals surface area contributed by atoms with Crippen molar-refractivity contribution in [3.8, 4) is 0 Å². The van der Waals surface area contributed by atoms with Crippen LogP contribution >= 0.6 is 0 Å². The number of likely N-dealkylation sites (tertiary alicyclic amines) is 2. The molecule has 2 aliphatic rings. The summed E-state index contributed by atoms with van der Waals surface area (Å²) in [5.74, 6) is 0.751. The van der Waals surface area contributed by atoms with E-state index in [1.807, 2.05) is 0 Å². The Kier molecular flexibility index (Phi) is 5.28. The van der Waals surface area contributed by atoms with E-state index in [0.717, 1.165) is 18.5 Å². The molecule has 0 amide bonds. The normalized spacial score (nSPS) is 25.5. The Labute approximate surface area is 129 Å². The van der Waals surface area contributed by atoms with E-state index >= 15 is 0 Å². The van der Waals surface area contributed by atoms with Gasteiger partial charge in [0.2, 0.25) is 0 Å². The van der Waals surface area contributed by atoms with Crippen molar-refractivity contribution in [3.63, 3.8) is 0 Å². The predicted molar refractivity (Wildman–Crippen MR) is 88.3 cm³/mol. The van der Waals surface area contributed by atoms with Gasteiger partial charge >= 0.3 is 0 Å². The molecule has 1 atom stereocenters. The molecule has 1 aromatic rings. The third kappa shape index (κ3) is 4.06. The molecule has 1 unspecified atom stereocenters. The lowest BCUT2D eigenvalue weighted by molar-refractivity contribution is 0.125. The number of hydrogen-bond acceptors (Lipinski definition) is 3. The van der Waals surface area contributed by atoms with Crippen LogP contribution in [-0.2, 0) is 6.42 Å². The Bertz CT molecular complexity index is 412. The summed E-state index contributed by atoms with van der Waals surface area (Å²) in [5, 5.41) is 0. The monoisotopic (exact) mass is 287 g/mol. The third-order valence-corrected chi connectivity index (χ3v) is 5.28. The van der Waals surface area contributed by atoms with Crippen LogP contribution in [0.1, 0.15) is 24.8 Å². The highest BCUT2D eigenvalue weighted by Gasteiger charge is 2.29. The molecular formula is C18H29N3. The molecule has 1 aromatic carbocycles. The maximum Gasteiger partial charge on any atom is 0.0120 e. The lowest BCUT2D eigenvalue weighted by Crippen LogP contribution is -2.44. The fourth-order valence-electron chi connectivity index (χ4n) is 3.83. The highest BCUT2D eigenvalue weighted by molar-refractivity contribution is 5.14. The summed E-state index contributed by atoms with van der Waals surface area (Å²) in [5.41, 5.74) is 7.27. The maximum absolute atomic E-state index is 5.81. The maximum atomic E-state index is 5.81. The Morgan fingerprint density at radius 1 is 1.00 bits per heavy atom. The van der Waals surface area contributed by atoms with Crippen molar-refractivity contribution in [3.05, 3.63) is 35.9 Å². The number of nitrogens with two attached hydrogens (primary N) is 1. The van der Waals surface area contributed by atoms with Crippen LogP contribution in [0.2, 0.25) is 0 Å². The molecule has 2 fully saturated rings. The molecular weight excluding hydrogens is 258 g/mol. The van der Waals surface area contributed by atoms with E-state index in [4.69, 9.17) is 5.73 Å². The molecule has 2 aliphatic heterocycles. The predicted octanol–water partition coefficient (Wildman–Crippen LogP) is 1.97. The van der Waals surface area contributed by atoms with E-state index in [0.29, 0.717) is 0 Å². The minimum absolute atomic E-state index is 0.751. The summed E-state index contributed by atoms with van der Waals surface area (Å²) in [7, 11) is 0. The van der Waals surface area contributed by atoms with Crippen LogP contribution < -0.4 is 5.73 Å². The standard InChI is InChI=1S/C18H29N3/c19-14-17-7-13-21(15-17)18-8-11-20(12-9-18)10-6-16-4-2-1-3-5-16/h1-5,17-18H,6-15,19H2. The number of benzene rings is 1. The molecule has 0 aliphatic carbocycles. The molecule has 0 aromatic heterocycles. The van der Waals surface area contributed by atoms with Crippen molar-refractivity contribution < 1.29 is 0 Å². The van der Waals surface area contributed by atoms with E-state index in [-0.39, 0.29) is 0 Å². The van der Waals surface area contributed by atoms with Gasteiger partial charge in [0.15, 0.2) is 0 Å². The molecule has 3 heteroatoms. The highest BCUT2D eigenvalue weighted by Crippen LogP contribution is 2.23. The first kappa shape index (κ1) is 15.0. The molecule has 3 rings (SSSR count). The Balaban J connectivity index is 1.39. The van der Waals surface area contributed by atoms with E-state index in [2.05, 4.69) is 40.1 Å². The molecule has 0 bridgehead atoms. The summed E-state index contributed by atoms with van der Waals surface area (Å²) in [6.45, 7) is 7.12. The molecule has 2 saturated heterocycles. The van der Waals surface area contributed by atoms with Gasteiger partial charge in [0, 0.05) is 19.1 Å². The molecule has 2 heterocycles. The van der Waals surface area contributed by atoms with Crippen LogP contribution in [0.15, 0.2) is 30.3 Å². The lowest BCUT2D eigenvalue weighted by atomic mass is 10.0. The van der Waals surface area contributed by atoms with Gasteiger partial charge < -0.3 is 10.6 Å². The first-order valence-electron chi connectivity index (χ1n) is 8.55. The summed E-state index contributed by atoms with van der Waals surface area (Å²) < 4.78 is 0. The minimum atomic E-state index is 0.751. The van der Waals surface area contributed by atoms with Crippen LogP contribution in [0.3, 0.4) is 0 Å². The quantitative estimate of drug-likeness (QED) is 0.899. The fourth-order valence-corrected chi connectivity index (χ4v) is 3.83. The van der Waals surface area contributed by atoms with Gasteiger partial charge in [-0.3, -0.25) is 4.90 Å². The lowest BCUT2D eigenvalue weighted by Gasteiger charge is -2.36. The molecule has 116 valence electrons. The number of rotatable bonds is 5. The van der Waals surface area contributed by atoms with Crippen molar-refractivity contribution in [1.29, 1.82) is 0 Å². The van der Waals surface area contributed by atoms with Gasteiger partial charge in [-0.25, -0.2) is 0 Å². The summed E-state index contributed by atoms with van der Waals surface area (Å²) in [6.07, 6.45) is 5.17. The summed E-state index contributed by atoms with van der Waals surface area (Å²) >= 11 is 0. The van der Waals surface area contributed by atoms with Crippen LogP contribution in [0.4, 0.5) is 0 Å². The average molecular weight is 287 g/mol. The van der Waals surface area contributed by atoms with Crippen LogP contribution in [0.5, 0.6) is 0 Å². The Morgan fingerprint density at radius 2 is 1.76 bits per heavy atom. The SMILES string of the molecule is NCC1CCN(C2CCN(CCc3ccccc3)CC2)C1. The zero-order valence-corrected chi connectivity index (χ0v) is 13.1. The van der Waals surface area contributed by atoms with Crippen molar-refractivity contribution in [2.24, 2.45) is 11.7 Å². The van der Waals surface area contributed by atoms with Gasteiger partial charge in [0.05, 0.1) is 0 Å². The average Bonchev–Trinajstić information content (AvgIpc) is 3.03. The van der Waals surface area contributed by atoms with E-state index in [1.54, 1.807) is 0 Å². The minimum Gasteiger partial charge on any atom is -0.330 e. The van der Waals surface area contributed by atoms with Crippen LogP contribution in [0, 0.1) is 5.92 Å². The van der Waals surface area contributed by atoms with E-state index in [9.17, 15) is 0 Å². The smallest absolute Gasteiger partial charge is 0.0120 e. The van der Waals surface area contributed by atoms with Gasteiger partial charge in [0.25, 0.3) is 0 Å². The van der Waals surface area contributed by atoms with Gasteiger partial charge in [-0.2, -0.15) is 0 Å². The second-order valence-electron chi connectivity index (χ2n) is 6.69. The van der Waals surface area contributed by atoms with E-state index in [1.165, 1.54) is 64.0 Å². The largest absolute Gasteiger partial charge is 0.330 e. The first-order valence-corrected chi connectivity index (χ1v) is 8.55. The van der Waals surface area contributed by atoms with Crippen molar-refractivity contribution in [1.82, 2.24) is 9.80 Å². The van der Waals surface area contributed by atoms with Crippen LogP contribution in [0.25, 0.3) is 0 Å². The third-order valence-electron chi connectivity index (χ3n) is 5.28. The number of hydrogen-bond donors (Lipinski definition) is 1. The number of nitrogens with zero attached hydrogens (tertiary/aromatic N) is 2. The van der Waals surface area contributed by atoms with Gasteiger partial charge in [0.1, 0.15) is 0 Å². The van der Waals surface area contributed by atoms with Crippen molar-refractivity contribution in [2.45, 2.75) is 31.7 Å². The van der Waals surface area contributed by atoms with Gasteiger partial charge in [-0.15, -0.1) is 0 Å². The number of piperidine rings is 1. The Hall–Kier alpha value is -0.900. The van der Waals surface area contributed by atoms with Crippen molar-refractivity contribution >= 4 is 0 Å². The highest BCUT2D eigenvalue weighted by atomic mass is 15.2. The first-order chi connectivity index (χ1) is 10.3. The second-order valence-corrected chi connectivity index (χ2v) is 6.69. The summed E-state index contributed by atoms with van der Waals surface area (Å²) in [6, 6.07) is 11.7. The molecule has 2 N–H and O–H groups in total. The zero-order valence-electron chi connectivity index (χ0n) is 13.1. The molecule has 3 nitrogen and oxygen atoms in total. The second kappa shape index (κ2) is 7.39. The topological polar surface area (TPSA) is 32.5 Å². The fraction of sp³-hybridized carbons (Fsp3) is 0.667. The molecule has 21 heavy (non-hydrogen) atoms. The molecule has 0 spiro atoms.